The first-order chi connectivity index (χ1) is 19.1. The molecule has 1 aliphatic heterocycles. The van der Waals surface area contributed by atoms with Crippen LogP contribution in [0.25, 0.3) is 5.53 Å². The number of amides is 2. The van der Waals surface area contributed by atoms with Crippen LogP contribution in [-0.2, 0) is 37.0 Å². The lowest BCUT2D eigenvalue weighted by Gasteiger charge is -2.29. The number of carbonyl (C=O) groups excluding carboxylic acids is 3. The van der Waals surface area contributed by atoms with E-state index < -0.39 is 54.4 Å². The molecule has 40 heavy (non-hydrogen) atoms. The summed E-state index contributed by atoms with van der Waals surface area (Å²) in [5, 5.41) is 21.4. The van der Waals surface area contributed by atoms with Crippen molar-refractivity contribution >= 4 is 29.5 Å². The van der Waals surface area contributed by atoms with E-state index in [1.165, 1.54) is 0 Å². The maximum absolute atomic E-state index is 13.6. The van der Waals surface area contributed by atoms with Gasteiger partial charge in [0.05, 0.1) is 30.8 Å². The number of alkyl carbamates (subject to hydrolysis) is 1. The van der Waals surface area contributed by atoms with Crippen LogP contribution in [0.3, 0.4) is 0 Å². The van der Waals surface area contributed by atoms with Crippen LogP contribution < -0.4 is 10.6 Å². The fourth-order valence-electron chi connectivity index (χ4n) is 4.31. The quantitative estimate of drug-likeness (QED) is 0.302. The van der Waals surface area contributed by atoms with Crippen LogP contribution in [-0.4, -0.2) is 58.8 Å². The van der Waals surface area contributed by atoms with Crippen molar-refractivity contribution in [3.63, 3.8) is 0 Å². The third kappa shape index (κ3) is 8.19. The van der Waals surface area contributed by atoms with Crippen LogP contribution in [0.5, 0.6) is 0 Å². The van der Waals surface area contributed by atoms with Crippen molar-refractivity contribution in [2.75, 3.05) is 6.54 Å². The van der Waals surface area contributed by atoms with Crippen molar-refractivity contribution in [1.82, 2.24) is 10.6 Å². The average molecular weight is 551 g/mol. The molecule has 0 fully saturated rings. The van der Waals surface area contributed by atoms with E-state index in [0.717, 1.165) is 11.1 Å². The minimum absolute atomic E-state index is 0.0477. The number of ether oxygens (including phenoxy) is 1. The summed E-state index contributed by atoms with van der Waals surface area (Å²) in [7, 11) is 0. The first kappa shape index (κ1) is 29.9. The molecule has 3 rings (SSSR count). The molecule has 12 heteroatoms. The number of carbonyl (C=O) groups is 4. The molecule has 1 heterocycles. The van der Waals surface area contributed by atoms with Crippen molar-refractivity contribution in [2.45, 2.75) is 57.4 Å². The number of carboxylic acid groups (broad SMARTS) is 1. The second-order valence-corrected chi connectivity index (χ2v) is 9.82. The number of carboxylic acids is 1. The lowest BCUT2D eigenvalue weighted by molar-refractivity contribution is -0.147. The molecule has 0 spiro atoms. The first-order valence-corrected chi connectivity index (χ1v) is 12.8. The first-order valence-electron chi connectivity index (χ1n) is 12.8. The Labute approximate surface area is 231 Å². The molecule has 2 aromatic carbocycles. The lowest BCUT2D eigenvalue weighted by atomic mass is 9.84. The molecular formula is C28H32N5O7-. The number of rotatable bonds is 14. The summed E-state index contributed by atoms with van der Waals surface area (Å²) >= 11 is 0. The van der Waals surface area contributed by atoms with E-state index in [9.17, 15) is 24.3 Å². The number of Topliss-reactive ketones (excluding diaryl/α,β-unsaturated/α-hetero) is 1. The van der Waals surface area contributed by atoms with Gasteiger partial charge in [0.2, 0.25) is 5.60 Å². The molecule has 2 aromatic rings. The van der Waals surface area contributed by atoms with Crippen LogP contribution in [0.2, 0.25) is 0 Å². The smallest absolute Gasteiger partial charge is 0.408 e. The highest BCUT2D eigenvalue weighted by Gasteiger charge is 2.49. The van der Waals surface area contributed by atoms with Gasteiger partial charge in [-0.05, 0) is 17.0 Å². The normalized spacial score (nSPS) is 17.6. The molecule has 2 unspecified atom stereocenters. The number of hydrogen-bond donors (Lipinski definition) is 3. The van der Waals surface area contributed by atoms with Gasteiger partial charge in [-0.25, -0.2) is 4.79 Å². The zero-order valence-electron chi connectivity index (χ0n) is 22.3. The fraction of sp³-hybridized carbons (Fsp3) is 0.393. The molecule has 212 valence electrons. The van der Waals surface area contributed by atoms with Gasteiger partial charge in [0.25, 0.3) is 5.91 Å². The van der Waals surface area contributed by atoms with Crippen molar-refractivity contribution < 1.29 is 33.9 Å². The zero-order valence-corrected chi connectivity index (χ0v) is 22.3. The van der Waals surface area contributed by atoms with Gasteiger partial charge in [0, 0.05) is 12.8 Å². The number of benzene rings is 2. The summed E-state index contributed by atoms with van der Waals surface area (Å²) in [6.45, 7) is 3.11. The van der Waals surface area contributed by atoms with E-state index in [4.69, 9.17) is 15.1 Å². The number of nitrogens with one attached hydrogen (secondary N) is 2. The Morgan fingerprint density at radius 2 is 1.68 bits per heavy atom. The number of aliphatic carboxylic acids is 1. The highest BCUT2D eigenvalue weighted by Crippen LogP contribution is 2.31. The minimum atomic E-state index is -1.63. The second-order valence-electron chi connectivity index (χ2n) is 9.82. The third-order valence-electron chi connectivity index (χ3n) is 6.36. The van der Waals surface area contributed by atoms with E-state index in [1.807, 2.05) is 50.2 Å². The van der Waals surface area contributed by atoms with Gasteiger partial charge in [-0.2, -0.15) is 0 Å². The predicted molar refractivity (Wildman–Crippen MR) is 144 cm³/mol. The van der Waals surface area contributed by atoms with Crippen LogP contribution in [0.4, 0.5) is 4.79 Å². The summed E-state index contributed by atoms with van der Waals surface area (Å²) < 4.78 is 5.35. The topological polar surface area (TPSA) is 178 Å². The van der Waals surface area contributed by atoms with Crippen molar-refractivity contribution in [1.29, 1.82) is 0 Å². The molecule has 0 saturated heterocycles. The molecule has 0 aromatic heterocycles. The summed E-state index contributed by atoms with van der Waals surface area (Å²) in [4.78, 5) is 55.7. The van der Waals surface area contributed by atoms with E-state index in [1.54, 1.807) is 24.3 Å². The zero-order chi connectivity index (χ0) is 29.1. The fourth-order valence-corrected chi connectivity index (χ4v) is 4.31. The molecule has 12 nitrogen and oxygen atoms in total. The summed E-state index contributed by atoms with van der Waals surface area (Å²) in [5.41, 5.74) is 9.09. The Morgan fingerprint density at radius 3 is 2.25 bits per heavy atom. The van der Waals surface area contributed by atoms with Gasteiger partial charge in [-0.15, -0.1) is 0 Å². The predicted octanol–water partition coefficient (Wildman–Crippen LogP) is 3.25. The molecule has 0 bridgehead atoms. The summed E-state index contributed by atoms with van der Waals surface area (Å²) in [5.74, 6) is -3.03. The maximum atomic E-state index is 13.6. The highest BCUT2D eigenvalue weighted by atomic mass is 16.7. The van der Waals surface area contributed by atoms with Crippen LogP contribution in [0, 0.1) is 5.92 Å². The molecule has 3 N–H and O–H groups in total. The minimum Gasteiger partial charge on any atom is -0.712 e. The van der Waals surface area contributed by atoms with Gasteiger partial charge in [0.1, 0.15) is 6.61 Å². The van der Waals surface area contributed by atoms with E-state index in [0.29, 0.717) is 5.71 Å². The summed E-state index contributed by atoms with van der Waals surface area (Å²) in [6.07, 6.45) is -1.38. The van der Waals surface area contributed by atoms with Crippen LogP contribution >= 0.6 is 0 Å². The van der Waals surface area contributed by atoms with Gasteiger partial charge < -0.3 is 36.0 Å². The van der Waals surface area contributed by atoms with Gasteiger partial charge in [-0.3, -0.25) is 14.4 Å². The molecule has 1 aliphatic rings. The molecule has 0 aliphatic carbocycles. The van der Waals surface area contributed by atoms with Gasteiger partial charge in [-0.1, -0.05) is 79.7 Å². The van der Waals surface area contributed by atoms with Gasteiger partial charge >= 0.3 is 12.1 Å². The highest BCUT2D eigenvalue weighted by molar-refractivity contribution is 6.01. The average Bonchev–Trinajstić information content (AvgIpc) is 3.35. The number of oxime groups is 1. The van der Waals surface area contributed by atoms with E-state index >= 15 is 0 Å². The SMILES string of the molecule is CC(C)C(NC(=O)OCc1ccccc1)C1=NOC(Cc2ccccc2)(C(=O)N[C@@H](CC(=O)O)C(=O)CN=[N-])C1. The Hall–Kier alpha value is -4.61. The van der Waals surface area contributed by atoms with Gasteiger partial charge in [0.15, 0.2) is 5.78 Å². The molecular weight excluding hydrogens is 518 g/mol. The molecule has 0 radical (unpaired) electrons. The number of ketones is 1. The van der Waals surface area contributed by atoms with Crippen molar-refractivity contribution in [3.05, 3.63) is 77.3 Å². The molecule has 0 saturated carbocycles. The van der Waals surface area contributed by atoms with Crippen LogP contribution in [0.1, 0.15) is 37.8 Å². The van der Waals surface area contributed by atoms with Crippen molar-refractivity contribution in [3.8, 4) is 0 Å². The Kier molecular flexibility index (Phi) is 10.5. The largest absolute Gasteiger partial charge is 0.712 e. The molecule has 2 amide bonds. The number of nitrogens with zero attached hydrogens (tertiary/aromatic N) is 3. The van der Waals surface area contributed by atoms with Crippen molar-refractivity contribution in [2.24, 2.45) is 16.2 Å². The Morgan fingerprint density at radius 1 is 1.05 bits per heavy atom. The Bertz CT molecular complexity index is 1240. The monoisotopic (exact) mass is 550 g/mol. The molecule has 3 atom stereocenters. The summed E-state index contributed by atoms with van der Waals surface area (Å²) in [6, 6.07) is 16.1. The number of hydrogen-bond acceptors (Lipinski definition) is 8. The maximum Gasteiger partial charge on any atom is 0.408 e. The lowest BCUT2D eigenvalue weighted by Crippen LogP contribution is -2.55. The van der Waals surface area contributed by atoms with Crippen LogP contribution in [0.15, 0.2) is 70.9 Å². The van der Waals surface area contributed by atoms with E-state index in [2.05, 4.69) is 20.9 Å². The second kappa shape index (κ2) is 14.0. The Balaban J connectivity index is 1.80. The van der Waals surface area contributed by atoms with E-state index in [-0.39, 0.29) is 25.4 Å². The third-order valence-corrected chi connectivity index (χ3v) is 6.36. The standard InChI is InChI=1S/C28H32N5O7/c1-18(2)25(32-27(38)39-17-20-11-7-4-8-12-20)22-15-28(40-33-22,14-19-9-5-3-6-10-19)26(37)31-21(13-24(35)36)23(34)16-30-29/h3-12,18,21,25H,13-17H2,1-2H3,(H,31,37)(H,32,38)(H,35,36)/q-1/t21-,25?,28?/m0/s1.